The fourth-order valence-electron chi connectivity index (χ4n) is 1.56. The van der Waals surface area contributed by atoms with Crippen LogP contribution in [0.5, 0.6) is 0 Å². The first-order chi connectivity index (χ1) is 8.32. The van der Waals surface area contributed by atoms with Gasteiger partial charge in [0, 0.05) is 0 Å². The maximum absolute atomic E-state index is 12.1. The molecule has 18 heavy (non-hydrogen) atoms. The lowest BCUT2D eigenvalue weighted by Gasteiger charge is -2.19. The summed E-state index contributed by atoms with van der Waals surface area (Å²) >= 11 is 0. The third-order valence-corrected chi connectivity index (χ3v) is 4.21. The minimum atomic E-state index is -3.61. The van der Waals surface area contributed by atoms with Gasteiger partial charge in [-0.15, -0.1) is 9.19 Å². The van der Waals surface area contributed by atoms with E-state index in [2.05, 4.69) is 30.9 Å². The van der Waals surface area contributed by atoms with Crippen molar-refractivity contribution in [3.05, 3.63) is 42.5 Å². The number of rotatable bonds is 2. The topological polar surface area (TPSA) is 64.8 Å². The second kappa shape index (κ2) is 4.20. The molecule has 1 aromatic carbocycles. The van der Waals surface area contributed by atoms with Crippen molar-refractivity contribution >= 4 is 10.0 Å². The molecule has 2 aromatic rings. The minimum Gasteiger partial charge on any atom is -0.222 e. The molecule has 0 aliphatic heterocycles. The van der Waals surface area contributed by atoms with Crippen LogP contribution in [-0.4, -0.2) is 22.6 Å². The second-order valence-electron chi connectivity index (χ2n) is 5.05. The smallest absolute Gasteiger partial charge is 0.222 e. The van der Waals surface area contributed by atoms with Crippen LogP contribution in [0.3, 0.4) is 0 Å². The molecular weight excluding hydrogens is 250 g/mol. The number of benzene rings is 1. The van der Waals surface area contributed by atoms with E-state index in [1.807, 2.05) is 12.1 Å². The normalized spacial score (nSPS) is 12.6. The van der Waals surface area contributed by atoms with Crippen LogP contribution in [0.15, 0.2) is 41.8 Å². The fourth-order valence-corrected chi connectivity index (χ4v) is 2.60. The predicted octanol–water partition coefficient (Wildman–Crippen LogP) is 1.81. The molecule has 2 rings (SSSR count). The van der Waals surface area contributed by atoms with Crippen LogP contribution in [0.4, 0.5) is 0 Å². The van der Waals surface area contributed by atoms with Crippen LogP contribution < -0.4 is 0 Å². The maximum Gasteiger partial charge on any atom is 0.284 e. The molecule has 0 aliphatic rings. The highest BCUT2D eigenvalue weighted by atomic mass is 32.2. The summed E-state index contributed by atoms with van der Waals surface area (Å²) in [6.45, 7) is 6.23. The molecule has 6 heteroatoms. The van der Waals surface area contributed by atoms with E-state index in [0.29, 0.717) is 0 Å². The largest absolute Gasteiger partial charge is 0.284 e. The Morgan fingerprint density at radius 3 is 2.17 bits per heavy atom. The minimum absolute atomic E-state index is 0.00442. The molecule has 0 spiro atoms. The van der Waals surface area contributed by atoms with Crippen LogP contribution in [0, 0.1) is 0 Å². The Kier molecular flexibility index (Phi) is 2.98. The standard InChI is InChI=1S/C12H15N3O2S/c1-12(2,3)10-4-6-11(7-5-10)18(16,17)15-9-13-8-14-15/h4-9H,1-3H3. The van der Waals surface area contributed by atoms with Crippen molar-refractivity contribution in [3.63, 3.8) is 0 Å². The number of nitrogens with zero attached hydrogens (tertiary/aromatic N) is 3. The van der Waals surface area contributed by atoms with Crippen molar-refractivity contribution in [2.75, 3.05) is 0 Å². The fraction of sp³-hybridized carbons (Fsp3) is 0.333. The first kappa shape index (κ1) is 12.8. The molecule has 0 saturated carbocycles. The van der Waals surface area contributed by atoms with E-state index in [-0.39, 0.29) is 10.3 Å². The van der Waals surface area contributed by atoms with Gasteiger partial charge in [0.15, 0.2) is 0 Å². The summed E-state index contributed by atoms with van der Waals surface area (Å²) in [4.78, 5) is 3.85. The van der Waals surface area contributed by atoms with Crippen LogP contribution in [0.1, 0.15) is 26.3 Å². The summed E-state index contributed by atoms with van der Waals surface area (Å²) in [5.41, 5.74) is 1.08. The van der Waals surface area contributed by atoms with Crippen LogP contribution in [0.2, 0.25) is 0 Å². The molecule has 0 radical (unpaired) electrons. The van der Waals surface area contributed by atoms with E-state index >= 15 is 0 Å². The molecular formula is C12H15N3O2S. The van der Waals surface area contributed by atoms with Gasteiger partial charge in [-0.1, -0.05) is 32.9 Å². The third kappa shape index (κ3) is 2.28. The van der Waals surface area contributed by atoms with E-state index in [4.69, 9.17) is 0 Å². The van der Waals surface area contributed by atoms with E-state index in [1.54, 1.807) is 12.1 Å². The number of hydrogen-bond acceptors (Lipinski definition) is 4. The Morgan fingerprint density at radius 1 is 1.11 bits per heavy atom. The van der Waals surface area contributed by atoms with Gasteiger partial charge in [-0.2, -0.15) is 8.42 Å². The highest BCUT2D eigenvalue weighted by Crippen LogP contribution is 2.23. The van der Waals surface area contributed by atoms with Gasteiger partial charge >= 0.3 is 0 Å². The highest BCUT2D eigenvalue weighted by molar-refractivity contribution is 7.89. The molecule has 0 atom stereocenters. The average Bonchev–Trinajstić information content (AvgIpc) is 2.82. The highest BCUT2D eigenvalue weighted by Gasteiger charge is 2.19. The third-order valence-electron chi connectivity index (χ3n) is 2.66. The van der Waals surface area contributed by atoms with E-state index in [9.17, 15) is 8.42 Å². The quantitative estimate of drug-likeness (QED) is 0.830. The van der Waals surface area contributed by atoms with Gasteiger partial charge in [-0.25, -0.2) is 4.98 Å². The van der Waals surface area contributed by atoms with Crippen molar-refractivity contribution in [3.8, 4) is 0 Å². The zero-order valence-corrected chi connectivity index (χ0v) is 11.3. The molecule has 0 bridgehead atoms. The van der Waals surface area contributed by atoms with Gasteiger partial charge in [0.05, 0.1) is 4.90 Å². The van der Waals surface area contributed by atoms with Crippen molar-refractivity contribution in [1.29, 1.82) is 0 Å². The summed E-state index contributed by atoms with van der Waals surface area (Å²) < 4.78 is 25.1. The second-order valence-corrected chi connectivity index (χ2v) is 6.84. The molecule has 0 amide bonds. The Hall–Kier alpha value is -1.69. The van der Waals surface area contributed by atoms with E-state index in [0.717, 1.165) is 9.65 Å². The number of hydrogen-bond donors (Lipinski definition) is 0. The van der Waals surface area contributed by atoms with Gasteiger partial charge in [0.25, 0.3) is 10.0 Å². The maximum atomic E-state index is 12.1. The summed E-state index contributed by atoms with van der Waals surface area (Å²) in [5.74, 6) is 0. The summed E-state index contributed by atoms with van der Waals surface area (Å²) in [7, 11) is -3.61. The zero-order valence-electron chi connectivity index (χ0n) is 10.5. The Balaban J connectivity index is 2.42. The molecule has 5 nitrogen and oxygen atoms in total. The first-order valence-electron chi connectivity index (χ1n) is 5.52. The Morgan fingerprint density at radius 2 is 1.72 bits per heavy atom. The van der Waals surface area contributed by atoms with Crippen molar-refractivity contribution in [2.24, 2.45) is 0 Å². The zero-order chi connectivity index (χ0) is 13.4. The van der Waals surface area contributed by atoms with Crippen LogP contribution in [-0.2, 0) is 15.4 Å². The Labute approximate surface area is 107 Å². The number of aromatic nitrogens is 3. The predicted molar refractivity (Wildman–Crippen MR) is 67.7 cm³/mol. The van der Waals surface area contributed by atoms with Crippen molar-refractivity contribution in [1.82, 2.24) is 14.2 Å². The van der Waals surface area contributed by atoms with Gasteiger partial charge in [-0.05, 0) is 23.1 Å². The van der Waals surface area contributed by atoms with E-state index < -0.39 is 10.0 Å². The van der Waals surface area contributed by atoms with Gasteiger partial charge < -0.3 is 0 Å². The lowest BCUT2D eigenvalue weighted by molar-refractivity contribution is 0.577. The van der Waals surface area contributed by atoms with E-state index in [1.165, 1.54) is 12.7 Å². The monoisotopic (exact) mass is 265 g/mol. The molecule has 0 unspecified atom stereocenters. The van der Waals surface area contributed by atoms with Gasteiger partial charge in [-0.3, -0.25) is 0 Å². The molecule has 96 valence electrons. The van der Waals surface area contributed by atoms with Gasteiger partial charge in [0.1, 0.15) is 12.7 Å². The average molecular weight is 265 g/mol. The lowest BCUT2D eigenvalue weighted by Crippen LogP contribution is -2.15. The van der Waals surface area contributed by atoms with Crippen molar-refractivity contribution < 1.29 is 8.42 Å². The first-order valence-corrected chi connectivity index (χ1v) is 6.96. The molecule has 1 heterocycles. The van der Waals surface area contributed by atoms with Crippen LogP contribution in [0.25, 0.3) is 0 Å². The lowest BCUT2D eigenvalue weighted by atomic mass is 9.87. The van der Waals surface area contributed by atoms with Crippen LogP contribution >= 0.6 is 0 Å². The summed E-state index contributed by atoms with van der Waals surface area (Å²) in [6, 6.07) is 6.84. The Bertz CT molecular complexity index is 623. The molecule has 0 fully saturated rings. The molecule has 0 aliphatic carbocycles. The SMILES string of the molecule is CC(C)(C)c1ccc(S(=O)(=O)n2cncn2)cc1. The molecule has 1 aromatic heterocycles. The molecule has 0 N–H and O–H groups in total. The van der Waals surface area contributed by atoms with Gasteiger partial charge in [0.2, 0.25) is 0 Å². The molecule has 0 saturated heterocycles. The van der Waals surface area contributed by atoms with Crippen molar-refractivity contribution in [2.45, 2.75) is 31.1 Å². The summed E-state index contributed by atoms with van der Waals surface area (Å²) in [6.07, 6.45) is 2.37. The summed E-state index contributed by atoms with van der Waals surface area (Å²) in [5, 5.41) is 3.65.